The molecule has 3 heterocycles. The van der Waals surface area contributed by atoms with Crippen LogP contribution in [0.1, 0.15) is 31.8 Å². The van der Waals surface area contributed by atoms with E-state index in [-0.39, 0.29) is 22.7 Å². The van der Waals surface area contributed by atoms with Crippen LogP contribution in [0.2, 0.25) is 0 Å². The Morgan fingerprint density at radius 3 is 2.59 bits per heavy atom. The lowest BCUT2D eigenvalue weighted by Gasteiger charge is -2.45. The van der Waals surface area contributed by atoms with Gasteiger partial charge in [0.25, 0.3) is 5.91 Å². The van der Waals surface area contributed by atoms with E-state index in [1.807, 2.05) is 0 Å². The number of fused-ring (bicyclic) bond motifs is 1. The maximum Gasteiger partial charge on any atom is 0.418 e. The SMILES string of the molecule is [2H]C1([2H])N(c2cc(-c3cc(C(F)(F)F)c4c(N)ncnn34)ccc2OC)C(=O)C(C)(C)N(C(C)=O)C1([2H])[2H]. The lowest BCUT2D eigenvalue weighted by Crippen LogP contribution is -2.64. The van der Waals surface area contributed by atoms with Crippen molar-refractivity contribution in [1.82, 2.24) is 19.5 Å². The Morgan fingerprint density at radius 2 is 1.97 bits per heavy atom. The van der Waals surface area contributed by atoms with Crippen LogP contribution in [0.5, 0.6) is 5.75 Å². The van der Waals surface area contributed by atoms with E-state index in [0.717, 1.165) is 23.8 Å². The van der Waals surface area contributed by atoms with Gasteiger partial charge in [-0.15, -0.1) is 0 Å². The zero-order chi connectivity index (χ0) is 28.6. The second kappa shape index (κ2) is 7.89. The van der Waals surface area contributed by atoms with E-state index >= 15 is 0 Å². The third-order valence-corrected chi connectivity index (χ3v) is 5.48. The Bertz CT molecular complexity index is 1470. The number of nitrogens with zero attached hydrogens (tertiary/aromatic N) is 5. The van der Waals surface area contributed by atoms with Gasteiger partial charge in [-0.3, -0.25) is 9.59 Å². The van der Waals surface area contributed by atoms with E-state index in [2.05, 4.69) is 10.1 Å². The number of carbonyl (C=O) groups is 2. The highest BCUT2D eigenvalue weighted by Gasteiger charge is 2.44. The third-order valence-electron chi connectivity index (χ3n) is 5.48. The number of hydrogen-bond acceptors (Lipinski definition) is 6. The molecule has 0 spiro atoms. The van der Waals surface area contributed by atoms with E-state index < -0.39 is 53.4 Å². The van der Waals surface area contributed by atoms with E-state index in [4.69, 9.17) is 16.0 Å². The zero-order valence-corrected chi connectivity index (χ0v) is 18.6. The number of anilines is 2. The summed E-state index contributed by atoms with van der Waals surface area (Å²) in [5.74, 6) is -2.34. The Kier molecular flexibility index (Phi) is 4.31. The van der Waals surface area contributed by atoms with Crippen LogP contribution >= 0.6 is 0 Å². The van der Waals surface area contributed by atoms with Crippen molar-refractivity contribution in [3.63, 3.8) is 0 Å². The van der Waals surface area contributed by atoms with Crippen LogP contribution in [-0.2, 0) is 15.8 Å². The number of hydrogen-bond donors (Lipinski definition) is 1. The van der Waals surface area contributed by atoms with Gasteiger partial charge >= 0.3 is 6.18 Å². The number of alkyl halides is 3. The monoisotopic (exact) mass is 480 g/mol. The van der Waals surface area contributed by atoms with Crippen molar-refractivity contribution in [2.75, 3.05) is 30.7 Å². The smallest absolute Gasteiger partial charge is 0.418 e. The molecule has 2 amide bonds. The van der Waals surface area contributed by atoms with Gasteiger partial charge < -0.3 is 20.3 Å². The molecule has 3 aromatic rings. The summed E-state index contributed by atoms with van der Waals surface area (Å²) in [6.45, 7) is -2.58. The molecule has 0 aliphatic carbocycles. The topological polar surface area (TPSA) is 106 Å². The number of amides is 2. The number of rotatable bonds is 3. The Hall–Kier alpha value is -3.83. The summed E-state index contributed by atoms with van der Waals surface area (Å²) < 4.78 is 81.9. The second-order valence-electron chi connectivity index (χ2n) is 8.01. The van der Waals surface area contributed by atoms with Gasteiger partial charge in [0.05, 0.1) is 29.5 Å². The van der Waals surface area contributed by atoms with Gasteiger partial charge in [0.2, 0.25) is 5.91 Å². The lowest BCUT2D eigenvalue weighted by atomic mass is 9.96. The third kappa shape index (κ3) is 3.58. The first-order valence-corrected chi connectivity index (χ1v) is 9.92. The Labute approximate surface area is 198 Å². The number of nitrogen functional groups attached to an aromatic ring is 1. The summed E-state index contributed by atoms with van der Waals surface area (Å²) >= 11 is 0. The number of ether oxygens (including phenoxy) is 1. The van der Waals surface area contributed by atoms with Crippen LogP contribution in [0.4, 0.5) is 24.7 Å². The standard InChI is InChI=1S/C22H23F3N6O3/c1-12(32)30-8-7-29(20(33)21(30,2)3)16-9-13(5-6-17(16)34-4)15-10-14(22(23,24)25)18-19(26)27-11-28-31(15)18/h5-6,9-11H,7-8H2,1-4H3,(H2,26,27,28)/i7D2,8D2. The van der Waals surface area contributed by atoms with Crippen LogP contribution in [0, 0.1) is 0 Å². The highest BCUT2D eigenvalue weighted by molar-refractivity contribution is 6.04. The molecule has 34 heavy (non-hydrogen) atoms. The normalized spacial score (nSPS) is 21.0. The molecule has 12 heteroatoms. The summed E-state index contributed by atoms with van der Waals surface area (Å²) in [4.78, 5) is 30.7. The van der Waals surface area contributed by atoms with Gasteiger partial charge in [0.15, 0.2) is 5.82 Å². The van der Waals surface area contributed by atoms with E-state index in [9.17, 15) is 22.8 Å². The van der Waals surface area contributed by atoms with E-state index in [1.54, 1.807) is 0 Å². The fourth-order valence-electron chi connectivity index (χ4n) is 3.82. The van der Waals surface area contributed by atoms with Crippen molar-refractivity contribution >= 4 is 28.8 Å². The zero-order valence-electron chi connectivity index (χ0n) is 22.6. The highest BCUT2D eigenvalue weighted by atomic mass is 19.4. The number of nitrogens with two attached hydrogens (primary N) is 1. The first-order chi connectivity index (χ1) is 17.4. The number of benzene rings is 1. The fraction of sp³-hybridized carbons (Fsp3) is 0.364. The van der Waals surface area contributed by atoms with Crippen LogP contribution in [0.15, 0.2) is 30.6 Å². The average Bonchev–Trinajstić information content (AvgIpc) is 3.19. The summed E-state index contributed by atoms with van der Waals surface area (Å²) in [5.41, 5.74) is 1.95. The minimum absolute atomic E-state index is 0.0559. The summed E-state index contributed by atoms with van der Waals surface area (Å²) in [5, 5.41) is 3.89. The van der Waals surface area contributed by atoms with E-state index in [0.29, 0.717) is 9.80 Å². The molecule has 0 bridgehead atoms. The molecule has 1 aliphatic heterocycles. The fourth-order valence-corrected chi connectivity index (χ4v) is 3.82. The summed E-state index contributed by atoms with van der Waals surface area (Å²) in [7, 11) is 1.23. The molecule has 1 aliphatic rings. The van der Waals surface area contributed by atoms with Gasteiger partial charge in [0.1, 0.15) is 23.1 Å². The minimum Gasteiger partial charge on any atom is -0.495 e. The Morgan fingerprint density at radius 1 is 1.26 bits per heavy atom. The van der Waals surface area contributed by atoms with Crippen molar-refractivity contribution in [3.8, 4) is 17.0 Å². The maximum atomic E-state index is 13.8. The van der Waals surface area contributed by atoms with Gasteiger partial charge in [-0.2, -0.15) is 18.3 Å². The lowest BCUT2D eigenvalue weighted by molar-refractivity contribution is -0.145. The average molecular weight is 480 g/mol. The van der Waals surface area contributed by atoms with Gasteiger partial charge in [0, 0.05) is 25.5 Å². The molecule has 1 aromatic carbocycles. The predicted molar refractivity (Wildman–Crippen MR) is 118 cm³/mol. The number of halogens is 3. The molecule has 0 radical (unpaired) electrons. The second-order valence-corrected chi connectivity index (χ2v) is 8.01. The van der Waals surface area contributed by atoms with Crippen molar-refractivity contribution < 1.29 is 33.0 Å². The minimum atomic E-state index is -4.81. The maximum absolute atomic E-state index is 13.8. The van der Waals surface area contributed by atoms with E-state index in [1.165, 1.54) is 39.2 Å². The first kappa shape index (κ1) is 18.6. The molecule has 2 N–H and O–H groups in total. The molecular formula is C22H23F3N6O3. The highest BCUT2D eigenvalue weighted by Crippen LogP contribution is 2.41. The van der Waals surface area contributed by atoms with Crippen LogP contribution in [0.3, 0.4) is 0 Å². The quantitative estimate of drug-likeness (QED) is 0.618. The predicted octanol–water partition coefficient (Wildman–Crippen LogP) is 2.98. The molecule has 0 saturated carbocycles. The van der Waals surface area contributed by atoms with Crippen molar-refractivity contribution in [3.05, 3.63) is 36.2 Å². The van der Waals surface area contributed by atoms with Crippen molar-refractivity contribution in [1.29, 1.82) is 0 Å². The number of methoxy groups -OCH3 is 1. The number of aromatic nitrogens is 3. The summed E-state index contributed by atoms with van der Waals surface area (Å²) in [6.07, 6.45) is -3.84. The first-order valence-electron chi connectivity index (χ1n) is 11.9. The molecule has 2 aromatic heterocycles. The van der Waals surface area contributed by atoms with Crippen molar-refractivity contribution in [2.45, 2.75) is 32.5 Å². The molecule has 1 saturated heterocycles. The molecule has 0 unspecified atom stereocenters. The Balaban J connectivity index is 2.00. The van der Waals surface area contributed by atoms with Crippen LogP contribution < -0.4 is 15.4 Å². The van der Waals surface area contributed by atoms with Gasteiger partial charge in [-0.1, -0.05) is 0 Å². The summed E-state index contributed by atoms with van der Waals surface area (Å²) in [6, 6.07) is 4.64. The molecule has 1 fully saturated rings. The molecule has 180 valence electrons. The largest absolute Gasteiger partial charge is 0.495 e. The van der Waals surface area contributed by atoms with Gasteiger partial charge in [-0.25, -0.2) is 9.50 Å². The number of piperazine rings is 1. The molecule has 4 rings (SSSR count). The van der Waals surface area contributed by atoms with Crippen LogP contribution in [-0.4, -0.2) is 57.0 Å². The van der Waals surface area contributed by atoms with Crippen molar-refractivity contribution in [2.24, 2.45) is 0 Å². The molecule has 9 nitrogen and oxygen atoms in total. The molecular weight excluding hydrogens is 453 g/mol. The van der Waals surface area contributed by atoms with Crippen LogP contribution in [0.25, 0.3) is 16.8 Å². The number of carbonyl (C=O) groups excluding carboxylic acids is 2. The molecule has 0 atom stereocenters. The van der Waals surface area contributed by atoms with Gasteiger partial charge in [-0.05, 0) is 38.1 Å².